The Labute approximate surface area is 139 Å². The van der Waals surface area contributed by atoms with Gasteiger partial charge in [0.15, 0.2) is 9.84 Å². The molecule has 0 aromatic heterocycles. The zero-order chi connectivity index (χ0) is 17.4. The van der Waals surface area contributed by atoms with Crippen LogP contribution in [0.15, 0.2) is 46.2 Å². The summed E-state index contributed by atoms with van der Waals surface area (Å²) in [5.41, 5.74) is 0.745. The van der Waals surface area contributed by atoms with Gasteiger partial charge in [0.2, 0.25) is 0 Å². The molecule has 0 unspecified atom stereocenters. The predicted octanol–water partition coefficient (Wildman–Crippen LogP) is 2.56. The van der Waals surface area contributed by atoms with Gasteiger partial charge in [0.05, 0.1) is 20.5 Å². The molecule has 0 fully saturated rings. The van der Waals surface area contributed by atoms with Gasteiger partial charge in [-0.3, -0.25) is 4.72 Å². The molecular formula is C14H14ClNO5S2. The molecule has 0 aliphatic carbocycles. The van der Waals surface area contributed by atoms with Crippen molar-refractivity contribution in [2.24, 2.45) is 0 Å². The maximum absolute atomic E-state index is 12.4. The highest BCUT2D eigenvalue weighted by Crippen LogP contribution is 2.29. The molecule has 0 aliphatic rings. The first-order valence-electron chi connectivity index (χ1n) is 6.33. The molecule has 2 aromatic rings. The molecule has 0 atom stereocenters. The molecule has 2 aromatic carbocycles. The van der Waals surface area contributed by atoms with Gasteiger partial charge >= 0.3 is 0 Å². The maximum Gasteiger partial charge on any atom is 0.262 e. The van der Waals surface area contributed by atoms with Crippen LogP contribution in [0.5, 0.6) is 5.75 Å². The number of hydrogen-bond acceptors (Lipinski definition) is 5. The Hall–Kier alpha value is -1.77. The van der Waals surface area contributed by atoms with Gasteiger partial charge in [-0.25, -0.2) is 16.8 Å². The second-order valence-electron chi connectivity index (χ2n) is 4.99. The summed E-state index contributed by atoms with van der Waals surface area (Å²) < 4.78 is 50.3. The SMILES string of the molecule is Cc1ccc(O)c(NS(=O)(=O)c2ccc(Cl)c(S(C)(=O)=O)c2)c1. The van der Waals surface area contributed by atoms with Gasteiger partial charge in [0.1, 0.15) is 5.75 Å². The number of anilines is 1. The maximum atomic E-state index is 12.4. The monoisotopic (exact) mass is 375 g/mol. The molecule has 2 N–H and O–H groups in total. The minimum atomic E-state index is -4.09. The van der Waals surface area contributed by atoms with E-state index in [4.69, 9.17) is 11.6 Å². The van der Waals surface area contributed by atoms with Gasteiger partial charge in [-0.1, -0.05) is 17.7 Å². The summed E-state index contributed by atoms with van der Waals surface area (Å²) in [5.74, 6) is -0.239. The zero-order valence-corrected chi connectivity index (χ0v) is 14.6. The predicted molar refractivity (Wildman–Crippen MR) is 88.2 cm³/mol. The molecule has 0 saturated carbocycles. The van der Waals surface area contributed by atoms with Gasteiger partial charge in [0, 0.05) is 6.26 Å². The summed E-state index contributed by atoms with van der Waals surface area (Å²) >= 11 is 5.80. The van der Waals surface area contributed by atoms with Crippen LogP contribution in [0.1, 0.15) is 5.56 Å². The van der Waals surface area contributed by atoms with Crippen molar-refractivity contribution in [2.75, 3.05) is 11.0 Å². The van der Waals surface area contributed by atoms with E-state index >= 15 is 0 Å². The van der Waals surface area contributed by atoms with Crippen molar-refractivity contribution in [3.05, 3.63) is 47.0 Å². The average Bonchev–Trinajstić information content (AvgIpc) is 2.41. The third-order valence-electron chi connectivity index (χ3n) is 3.01. The molecule has 0 radical (unpaired) electrons. The lowest BCUT2D eigenvalue weighted by Crippen LogP contribution is -2.14. The third kappa shape index (κ3) is 3.95. The molecule has 23 heavy (non-hydrogen) atoms. The minimum absolute atomic E-state index is 0.000792. The van der Waals surface area contributed by atoms with Gasteiger partial charge < -0.3 is 5.11 Å². The van der Waals surface area contributed by atoms with E-state index in [0.29, 0.717) is 0 Å². The lowest BCUT2D eigenvalue weighted by atomic mass is 10.2. The van der Waals surface area contributed by atoms with Gasteiger partial charge in [-0.15, -0.1) is 0 Å². The number of phenols is 1. The number of rotatable bonds is 4. The van der Waals surface area contributed by atoms with Crippen molar-refractivity contribution in [1.29, 1.82) is 0 Å². The number of hydrogen-bond donors (Lipinski definition) is 2. The summed E-state index contributed by atoms with van der Waals surface area (Å²) in [5, 5.41) is 9.66. The lowest BCUT2D eigenvalue weighted by molar-refractivity contribution is 0.477. The zero-order valence-electron chi connectivity index (χ0n) is 12.2. The van der Waals surface area contributed by atoms with Crippen LogP contribution >= 0.6 is 11.6 Å². The van der Waals surface area contributed by atoms with E-state index < -0.39 is 19.9 Å². The Balaban J connectivity index is 2.51. The highest BCUT2D eigenvalue weighted by molar-refractivity contribution is 7.93. The minimum Gasteiger partial charge on any atom is -0.506 e. The molecule has 0 heterocycles. The van der Waals surface area contributed by atoms with E-state index in [1.54, 1.807) is 13.0 Å². The van der Waals surface area contributed by atoms with E-state index in [9.17, 15) is 21.9 Å². The first kappa shape index (κ1) is 17.6. The van der Waals surface area contributed by atoms with Crippen molar-refractivity contribution < 1.29 is 21.9 Å². The summed E-state index contributed by atoms with van der Waals surface area (Å²) in [4.78, 5) is -0.557. The number of benzene rings is 2. The first-order valence-corrected chi connectivity index (χ1v) is 10.1. The second-order valence-corrected chi connectivity index (χ2v) is 9.06. The fourth-order valence-corrected chi connectivity index (χ4v) is 4.34. The summed E-state index contributed by atoms with van der Waals surface area (Å²) in [6.07, 6.45) is 0.935. The van der Waals surface area contributed by atoms with E-state index in [1.807, 2.05) is 0 Å². The molecule has 2 rings (SSSR count). The highest BCUT2D eigenvalue weighted by atomic mass is 35.5. The Morgan fingerprint density at radius 3 is 2.30 bits per heavy atom. The molecule has 124 valence electrons. The smallest absolute Gasteiger partial charge is 0.262 e. The number of halogens is 1. The number of nitrogens with one attached hydrogen (secondary N) is 1. The second kappa shape index (κ2) is 6.03. The summed E-state index contributed by atoms with van der Waals surface area (Å²) in [6, 6.07) is 7.80. The van der Waals surface area contributed by atoms with Crippen molar-refractivity contribution in [1.82, 2.24) is 0 Å². The van der Waals surface area contributed by atoms with Crippen molar-refractivity contribution >= 4 is 37.1 Å². The number of sulfone groups is 1. The quantitative estimate of drug-likeness (QED) is 0.800. The molecule has 0 saturated heterocycles. The molecule has 0 amide bonds. The largest absolute Gasteiger partial charge is 0.506 e. The number of aryl methyl sites for hydroxylation is 1. The number of phenolic OH excluding ortho intramolecular Hbond substituents is 1. The van der Waals surface area contributed by atoms with Gasteiger partial charge in [0.25, 0.3) is 10.0 Å². The standard InChI is InChI=1S/C14H14ClNO5S2/c1-9-3-6-13(17)12(7-9)16-23(20,21)10-4-5-11(15)14(8-10)22(2,18)19/h3-8,16-17H,1-2H3. The highest BCUT2D eigenvalue weighted by Gasteiger charge is 2.21. The van der Waals surface area contributed by atoms with Crippen LogP contribution in [0.2, 0.25) is 5.02 Å². The number of aromatic hydroxyl groups is 1. The van der Waals surface area contributed by atoms with Crippen LogP contribution in [-0.4, -0.2) is 28.2 Å². The van der Waals surface area contributed by atoms with Gasteiger partial charge in [-0.2, -0.15) is 0 Å². The van der Waals surface area contributed by atoms with Crippen LogP contribution in [0.4, 0.5) is 5.69 Å². The summed E-state index contributed by atoms with van der Waals surface area (Å²) in [6.45, 7) is 1.74. The van der Waals surface area contributed by atoms with Crippen molar-refractivity contribution in [3.8, 4) is 5.75 Å². The van der Waals surface area contributed by atoms with E-state index in [2.05, 4.69) is 4.72 Å². The fourth-order valence-electron chi connectivity index (χ4n) is 1.87. The molecule has 0 aliphatic heterocycles. The van der Waals surface area contributed by atoms with Crippen LogP contribution in [-0.2, 0) is 19.9 Å². The average molecular weight is 376 g/mol. The Morgan fingerprint density at radius 2 is 1.70 bits per heavy atom. The van der Waals surface area contributed by atoms with Crippen molar-refractivity contribution in [2.45, 2.75) is 16.7 Å². The third-order valence-corrected chi connectivity index (χ3v) is 5.95. The Bertz CT molecular complexity index is 969. The fraction of sp³-hybridized carbons (Fsp3) is 0.143. The van der Waals surface area contributed by atoms with Gasteiger partial charge in [-0.05, 0) is 42.8 Å². The van der Waals surface area contributed by atoms with E-state index in [-0.39, 0.29) is 26.3 Å². The summed E-state index contributed by atoms with van der Waals surface area (Å²) in [7, 11) is -7.76. The Kier molecular flexibility index (Phi) is 4.61. The molecular weight excluding hydrogens is 362 g/mol. The van der Waals surface area contributed by atoms with Crippen molar-refractivity contribution in [3.63, 3.8) is 0 Å². The molecule has 6 nitrogen and oxygen atoms in total. The van der Waals surface area contributed by atoms with Crippen LogP contribution in [0.25, 0.3) is 0 Å². The molecule has 9 heteroatoms. The first-order chi connectivity index (χ1) is 10.5. The lowest BCUT2D eigenvalue weighted by Gasteiger charge is -2.11. The van der Waals surface area contributed by atoms with Crippen LogP contribution in [0.3, 0.4) is 0 Å². The van der Waals surface area contributed by atoms with Crippen LogP contribution in [0, 0.1) is 6.92 Å². The Morgan fingerprint density at radius 1 is 1.04 bits per heavy atom. The van der Waals surface area contributed by atoms with E-state index in [1.165, 1.54) is 24.3 Å². The normalized spacial score (nSPS) is 12.1. The molecule has 0 bridgehead atoms. The van der Waals surface area contributed by atoms with E-state index in [0.717, 1.165) is 17.9 Å². The number of sulfonamides is 1. The molecule has 0 spiro atoms. The topological polar surface area (TPSA) is 101 Å². The van der Waals surface area contributed by atoms with Crippen LogP contribution < -0.4 is 4.72 Å².